The first kappa shape index (κ1) is 23.1. The molecule has 2 aromatic carbocycles. The molecule has 3 rings (SSSR count). The summed E-state index contributed by atoms with van der Waals surface area (Å²) in [4.78, 5) is 52.8. The maximum absolute atomic E-state index is 13.1. The van der Waals surface area contributed by atoms with Gasteiger partial charge in [-0.1, -0.05) is 12.1 Å². The van der Waals surface area contributed by atoms with Crippen LogP contribution in [0.5, 0.6) is 0 Å². The summed E-state index contributed by atoms with van der Waals surface area (Å²) in [5.41, 5.74) is 0.854. The van der Waals surface area contributed by atoms with Gasteiger partial charge in [0, 0.05) is 48.2 Å². The van der Waals surface area contributed by atoms with Gasteiger partial charge in [-0.3, -0.25) is 14.5 Å². The summed E-state index contributed by atoms with van der Waals surface area (Å²) in [5, 5.41) is 13.1. The largest absolute Gasteiger partial charge is 0.480 e. The van der Waals surface area contributed by atoms with Crippen molar-refractivity contribution in [2.45, 2.75) is 38.8 Å². The Bertz CT molecular complexity index is 1080. The predicted octanol–water partition coefficient (Wildman–Crippen LogP) is 2.87. The molecule has 0 bridgehead atoms. The van der Waals surface area contributed by atoms with Crippen molar-refractivity contribution >= 4 is 40.3 Å². The number of hydrogen-bond donors (Lipinski definition) is 2. The number of carboxylic acid groups (broad SMARTS) is 1. The van der Waals surface area contributed by atoms with Gasteiger partial charge in [0.25, 0.3) is 11.8 Å². The summed E-state index contributed by atoms with van der Waals surface area (Å²) in [6.07, 6.45) is -1.04. The van der Waals surface area contributed by atoms with Crippen LogP contribution in [0, 0.1) is 0 Å². The third kappa shape index (κ3) is 4.51. The summed E-state index contributed by atoms with van der Waals surface area (Å²) < 4.78 is 5.10. The van der Waals surface area contributed by atoms with Crippen molar-refractivity contribution in [2.24, 2.45) is 0 Å². The second-order valence-electron chi connectivity index (χ2n) is 8.84. The molecule has 9 nitrogen and oxygen atoms in total. The van der Waals surface area contributed by atoms with Gasteiger partial charge >= 0.3 is 12.1 Å². The van der Waals surface area contributed by atoms with Crippen molar-refractivity contribution in [1.29, 1.82) is 0 Å². The van der Waals surface area contributed by atoms with Crippen LogP contribution in [0.1, 0.15) is 47.9 Å². The van der Waals surface area contributed by atoms with E-state index in [1.807, 2.05) is 31.1 Å². The van der Waals surface area contributed by atoms with Crippen LogP contribution in [0.2, 0.25) is 0 Å². The van der Waals surface area contributed by atoms with E-state index in [1.165, 1.54) is 0 Å². The molecule has 2 aromatic rings. The Labute approximate surface area is 185 Å². The van der Waals surface area contributed by atoms with Gasteiger partial charge in [-0.15, -0.1) is 0 Å². The minimum absolute atomic E-state index is 0.160. The van der Waals surface area contributed by atoms with Gasteiger partial charge in [0.15, 0.2) is 0 Å². The zero-order chi connectivity index (χ0) is 23.8. The molecule has 1 aliphatic heterocycles. The molecular weight excluding hydrogens is 414 g/mol. The number of carbonyl (C=O) groups excluding carboxylic acids is 3. The van der Waals surface area contributed by atoms with Gasteiger partial charge in [-0.2, -0.15) is 0 Å². The van der Waals surface area contributed by atoms with Gasteiger partial charge < -0.3 is 20.1 Å². The number of amides is 3. The van der Waals surface area contributed by atoms with Crippen LogP contribution in [-0.2, 0) is 9.53 Å². The zero-order valence-corrected chi connectivity index (χ0v) is 18.8. The van der Waals surface area contributed by atoms with Gasteiger partial charge in [0.05, 0.1) is 0 Å². The Morgan fingerprint density at radius 3 is 2.28 bits per heavy atom. The molecule has 9 heteroatoms. The number of nitrogens with zero attached hydrogens (tertiary/aromatic N) is 2. The molecule has 1 atom stereocenters. The first-order valence-electron chi connectivity index (χ1n) is 10.2. The molecule has 32 heavy (non-hydrogen) atoms. The van der Waals surface area contributed by atoms with Crippen LogP contribution < -0.4 is 10.2 Å². The highest BCUT2D eigenvalue weighted by Crippen LogP contribution is 2.35. The van der Waals surface area contributed by atoms with E-state index >= 15 is 0 Å². The lowest BCUT2D eigenvalue weighted by molar-refractivity contribution is -0.139. The van der Waals surface area contributed by atoms with Crippen LogP contribution in [0.25, 0.3) is 10.8 Å². The number of carboxylic acids is 1. The van der Waals surface area contributed by atoms with Crippen LogP contribution in [0.3, 0.4) is 0 Å². The topological polar surface area (TPSA) is 116 Å². The van der Waals surface area contributed by atoms with E-state index < -0.39 is 35.5 Å². The maximum atomic E-state index is 13.1. The fraction of sp³-hybridized carbons (Fsp3) is 0.391. The van der Waals surface area contributed by atoms with E-state index in [4.69, 9.17) is 4.74 Å². The SMILES string of the molecule is CN(C)c1ccc2c3c(cccc13)C(=O)N(CC[C@@H](NC(=O)OC(C)(C)C)C(=O)O)C2=O. The molecule has 0 saturated carbocycles. The number of aliphatic carboxylic acids is 1. The van der Waals surface area contributed by atoms with E-state index in [1.54, 1.807) is 39.0 Å². The monoisotopic (exact) mass is 441 g/mol. The number of benzene rings is 2. The van der Waals surface area contributed by atoms with E-state index in [2.05, 4.69) is 5.32 Å². The average Bonchev–Trinajstić information content (AvgIpc) is 2.68. The van der Waals surface area contributed by atoms with Crippen molar-refractivity contribution in [2.75, 3.05) is 25.5 Å². The first-order valence-corrected chi connectivity index (χ1v) is 10.2. The normalized spacial score (nSPS) is 14.3. The Hall–Kier alpha value is -3.62. The summed E-state index contributed by atoms with van der Waals surface area (Å²) in [5.74, 6) is -2.28. The summed E-state index contributed by atoms with van der Waals surface area (Å²) in [6.45, 7) is 4.81. The Kier molecular flexibility index (Phi) is 6.11. The zero-order valence-electron chi connectivity index (χ0n) is 18.8. The molecule has 0 aliphatic carbocycles. The predicted molar refractivity (Wildman–Crippen MR) is 119 cm³/mol. The van der Waals surface area contributed by atoms with Gasteiger partial charge in [0.2, 0.25) is 0 Å². The molecular formula is C23H27N3O6. The highest BCUT2D eigenvalue weighted by atomic mass is 16.6. The third-order valence-corrected chi connectivity index (χ3v) is 5.08. The molecule has 0 aromatic heterocycles. The average molecular weight is 441 g/mol. The number of ether oxygens (including phenoxy) is 1. The minimum atomic E-state index is -1.32. The van der Waals surface area contributed by atoms with Gasteiger partial charge in [-0.05, 0) is 45.4 Å². The maximum Gasteiger partial charge on any atom is 0.408 e. The standard InChI is InChI=1S/C23H27N3O6/c1-23(2,3)32-22(31)24-16(21(29)30)11-12-26-19(27)14-8-6-7-13-17(25(4)5)10-9-15(18(13)14)20(26)28/h6-10,16H,11-12H2,1-5H3,(H,24,31)(H,29,30)/t16-/m1/s1. The molecule has 0 fully saturated rings. The Morgan fingerprint density at radius 1 is 1.09 bits per heavy atom. The van der Waals surface area contributed by atoms with Crippen LogP contribution in [0.4, 0.5) is 10.5 Å². The fourth-order valence-corrected chi connectivity index (χ4v) is 3.69. The third-order valence-electron chi connectivity index (χ3n) is 5.08. The number of alkyl carbamates (subject to hydrolysis) is 1. The summed E-state index contributed by atoms with van der Waals surface area (Å²) >= 11 is 0. The summed E-state index contributed by atoms with van der Waals surface area (Å²) in [6, 6.07) is 7.44. The fourth-order valence-electron chi connectivity index (χ4n) is 3.69. The van der Waals surface area contributed by atoms with E-state index in [9.17, 15) is 24.3 Å². The number of nitrogens with one attached hydrogen (secondary N) is 1. The van der Waals surface area contributed by atoms with Crippen molar-refractivity contribution in [3.05, 3.63) is 41.5 Å². The molecule has 1 aliphatic rings. The Balaban J connectivity index is 1.84. The second kappa shape index (κ2) is 8.49. The quantitative estimate of drug-likeness (QED) is 0.662. The van der Waals surface area contributed by atoms with Crippen molar-refractivity contribution in [3.63, 3.8) is 0 Å². The minimum Gasteiger partial charge on any atom is -0.480 e. The number of hydrogen-bond acceptors (Lipinski definition) is 6. The number of carbonyl (C=O) groups is 4. The molecule has 0 saturated heterocycles. The van der Waals surface area contributed by atoms with Crippen molar-refractivity contribution in [3.8, 4) is 0 Å². The highest BCUT2D eigenvalue weighted by molar-refractivity contribution is 6.26. The molecule has 0 radical (unpaired) electrons. The molecule has 3 amide bonds. The van der Waals surface area contributed by atoms with Crippen molar-refractivity contribution < 1.29 is 29.0 Å². The van der Waals surface area contributed by atoms with Crippen LogP contribution in [-0.4, -0.2) is 66.2 Å². The smallest absolute Gasteiger partial charge is 0.408 e. The molecule has 0 unspecified atom stereocenters. The van der Waals surface area contributed by atoms with E-state index in [-0.39, 0.29) is 13.0 Å². The lowest BCUT2D eigenvalue weighted by atomic mass is 9.92. The van der Waals surface area contributed by atoms with Gasteiger partial charge in [-0.25, -0.2) is 9.59 Å². The molecule has 170 valence electrons. The number of anilines is 1. The highest BCUT2D eigenvalue weighted by Gasteiger charge is 2.34. The van der Waals surface area contributed by atoms with Crippen LogP contribution >= 0.6 is 0 Å². The Morgan fingerprint density at radius 2 is 1.72 bits per heavy atom. The second-order valence-corrected chi connectivity index (χ2v) is 8.84. The van der Waals surface area contributed by atoms with Gasteiger partial charge in [0.1, 0.15) is 11.6 Å². The van der Waals surface area contributed by atoms with E-state index in [0.29, 0.717) is 16.5 Å². The number of rotatable bonds is 6. The first-order chi connectivity index (χ1) is 14.9. The summed E-state index contributed by atoms with van der Waals surface area (Å²) in [7, 11) is 3.76. The van der Waals surface area contributed by atoms with Crippen LogP contribution in [0.15, 0.2) is 30.3 Å². The lowest BCUT2D eigenvalue weighted by Gasteiger charge is -2.29. The van der Waals surface area contributed by atoms with E-state index in [0.717, 1.165) is 16.0 Å². The molecule has 2 N–H and O–H groups in total. The van der Waals surface area contributed by atoms with Crippen molar-refractivity contribution in [1.82, 2.24) is 10.2 Å². The molecule has 1 heterocycles. The lowest BCUT2D eigenvalue weighted by Crippen LogP contribution is -2.47. The number of imide groups is 1. The molecule has 0 spiro atoms.